The Balaban J connectivity index is 4.10. The molecule has 1 aliphatic rings. The van der Waals surface area contributed by atoms with Crippen molar-refractivity contribution in [2.75, 3.05) is 0 Å². The molecule has 0 aromatic heterocycles. The fourth-order valence-corrected chi connectivity index (χ4v) is 2.03. The Morgan fingerprint density at radius 3 is 0.889 bits per heavy atom. The van der Waals surface area contributed by atoms with E-state index in [4.69, 9.17) is 10.2 Å². The smallest absolute Gasteiger partial charge is 0.350 e. The van der Waals surface area contributed by atoms with E-state index in [0.29, 0.717) is 0 Å². The van der Waals surface area contributed by atoms with Crippen LogP contribution in [0, 0.1) is 0 Å². The molecule has 18 heteroatoms. The predicted octanol–water partition coefficient (Wildman–Crippen LogP) is 3.76. The van der Waals surface area contributed by atoms with Gasteiger partial charge in [0.2, 0.25) is 0 Å². The fourth-order valence-electron chi connectivity index (χ4n) is 2.03. The monoisotopic (exact) mass is 446 g/mol. The van der Waals surface area contributed by atoms with Gasteiger partial charge in [-0.3, -0.25) is 0 Å². The van der Waals surface area contributed by atoms with Crippen LogP contribution in [0.5, 0.6) is 0 Å². The topological polar surface area (TPSA) is 40.5 Å². The molecule has 2 nitrogen and oxygen atoms in total. The predicted molar refractivity (Wildman–Crippen MR) is 46.7 cm³/mol. The molecule has 1 atom stereocenters. The highest BCUT2D eigenvalue weighted by atomic mass is 19.4. The number of hydrogen-bond acceptors (Lipinski definition) is 2. The van der Waals surface area contributed by atoms with Gasteiger partial charge in [-0.05, 0) is 0 Å². The summed E-state index contributed by atoms with van der Waals surface area (Å²) in [6.07, 6.45) is -7.22. The van der Waals surface area contributed by atoms with Crippen LogP contribution in [-0.2, 0) is 0 Å². The Morgan fingerprint density at radius 1 is 0.444 bits per heavy atom. The molecule has 1 fully saturated rings. The number of halogens is 16. The number of aliphatic hydroxyl groups is 2. The van der Waals surface area contributed by atoms with Crippen LogP contribution in [0.1, 0.15) is 0 Å². The van der Waals surface area contributed by atoms with Crippen molar-refractivity contribution in [3.8, 4) is 0 Å². The summed E-state index contributed by atoms with van der Waals surface area (Å²) in [7, 11) is 0. The number of rotatable bonds is 3. The van der Waals surface area contributed by atoms with Gasteiger partial charge in [-0.25, -0.2) is 4.39 Å². The molecule has 0 heterocycles. The normalized spacial score (nSPS) is 30.4. The first kappa shape index (κ1) is 23.8. The molecule has 0 amide bonds. The Kier molecular flexibility index (Phi) is 4.45. The Bertz CT molecular complexity index is 586. The minimum absolute atomic E-state index is 7.22. The van der Waals surface area contributed by atoms with Crippen LogP contribution in [0.2, 0.25) is 0 Å². The molecule has 27 heavy (non-hydrogen) atoms. The van der Waals surface area contributed by atoms with Crippen molar-refractivity contribution in [3.05, 3.63) is 0 Å². The molecular weight excluding hydrogens is 444 g/mol. The van der Waals surface area contributed by atoms with Crippen LogP contribution < -0.4 is 0 Å². The van der Waals surface area contributed by atoms with Crippen molar-refractivity contribution in [1.82, 2.24) is 0 Å². The third-order valence-corrected chi connectivity index (χ3v) is 3.69. The Hall–Kier alpha value is -1.20. The van der Waals surface area contributed by atoms with Crippen molar-refractivity contribution in [1.29, 1.82) is 0 Å². The molecule has 0 aromatic rings. The first-order valence-corrected chi connectivity index (χ1v) is 5.72. The molecule has 0 saturated heterocycles. The SMILES string of the molecule is OC(F)(F)C(O)(F)C(F)(F)C1(F)C(F)(F)C(F)(F)C(F)(F)C(F)(F)C1(F)F. The van der Waals surface area contributed by atoms with Gasteiger partial charge < -0.3 is 10.2 Å². The number of alkyl halides is 16. The van der Waals surface area contributed by atoms with E-state index in [1.54, 1.807) is 0 Å². The quantitative estimate of drug-likeness (QED) is 0.649. The molecule has 1 saturated carbocycles. The van der Waals surface area contributed by atoms with Crippen LogP contribution >= 0.6 is 0 Å². The van der Waals surface area contributed by atoms with E-state index >= 15 is 0 Å². The Labute approximate surface area is 135 Å². The second kappa shape index (κ2) is 5.04. The summed E-state index contributed by atoms with van der Waals surface area (Å²) in [5.41, 5.74) is -8.61. The molecule has 0 aliphatic heterocycles. The summed E-state index contributed by atoms with van der Waals surface area (Å²) in [4.78, 5) is 0. The third-order valence-electron chi connectivity index (χ3n) is 3.69. The van der Waals surface area contributed by atoms with Gasteiger partial charge in [0.25, 0.3) is 0 Å². The van der Waals surface area contributed by atoms with Crippen molar-refractivity contribution >= 4 is 0 Å². The van der Waals surface area contributed by atoms with E-state index in [1.165, 1.54) is 0 Å². The maximum absolute atomic E-state index is 13.9. The van der Waals surface area contributed by atoms with Gasteiger partial charge in [0.15, 0.2) is 0 Å². The van der Waals surface area contributed by atoms with E-state index in [0.717, 1.165) is 0 Å². The average Bonchev–Trinajstić information content (AvgIpc) is 2.42. The highest BCUT2D eigenvalue weighted by Crippen LogP contribution is 2.73. The fraction of sp³-hybridized carbons (Fsp3) is 1.00. The second-order valence-corrected chi connectivity index (χ2v) is 5.27. The zero-order valence-corrected chi connectivity index (χ0v) is 11.4. The lowest BCUT2D eigenvalue weighted by Crippen LogP contribution is -2.89. The van der Waals surface area contributed by atoms with Crippen LogP contribution in [0.3, 0.4) is 0 Å². The molecule has 0 spiro atoms. The highest BCUT2D eigenvalue weighted by Gasteiger charge is 3.07. The molecule has 162 valence electrons. The largest absolute Gasteiger partial charge is 0.418 e. The first-order valence-electron chi connectivity index (χ1n) is 5.72. The van der Waals surface area contributed by atoms with Gasteiger partial charge >= 0.3 is 53.2 Å². The molecule has 0 radical (unpaired) electrons. The van der Waals surface area contributed by atoms with E-state index in [1.807, 2.05) is 0 Å². The summed E-state index contributed by atoms with van der Waals surface area (Å²) in [5, 5.41) is 15.6. The van der Waals surface area contributed by atoms with Gasteiger partial charge in [0.05, 0.1) is 0 Å². The molecule has 1 unspecified atom stereocenters. The maximum atomic E-state index is 13.9. The van der Waals surface area contributed by atoms with E-state index in [2.05, 4.69) is 0 Å². The average molecular weight is 446 g/mol. The van der Waals surface area contributed by atoms with E-state index in [9.17, 15) is 70.2 Å². The summed E-state index contributed by atoms with van der Waals surface area (Å²) in [5.74, 6) is -57.2. The standard InChI is InChI=1S/C9H2F16O2/c10-1(4(15,16)8(23,26)9(24,25)27)2(11,12)5(17,18)7(21,22)6(19,20)3(1,13)14/h26-27H. The molecule has 0 aromatic carbocycles. The zero-order valence-electron chi connectivity index (χ0n) is 11.4. The lowest BCUT2D eigenvalue weighted by atomic mass is 9.67. The zero-order chi connectivity index (χ0) is 22.5. The van der Waals surface area contributed by atoms with Crippen LogP contribution in [0.15, 0.2) is 0 Å². The second-order valence-electron chi connectivity index (χ2n) is 5.27. The lowest BCUT2D eigenvalue weighted by Gasteiger charge is -2.55. The Morgan fingerprint density at radius 2 is 0.667 bits per heavy atom. The molecule has 0 bridgehead atoms. The maximum Gasteiger partial charge on any atom is 0.418 e. The summed E-state index contributed by atoms with van der Waals surface area (Å²) in [6, 6.07) is 0. The highest BCUT2D eigenvalue weighted by molar-refractivity contribution is 5.31. The molecule has 2 N–H and O–H groups in total. The molecule has 1 rings (SSSR count). The minimum atomic E-state index is -8.61. The van der Waals surface area contributed by atoms with Crippen molar-refractivity contribution in [2.24, 2.45) is 0 Å². The third kappa shape index (κ3) is 2.02. The summed E-state index contributed by atoms with van der Waals surface area (Å²) in [6.45, 7) is 0. The van der Waals surface area contributed by atoms with Gasteiger partial charge in [-0.15, -0.1) is 0 Å². The van der Waals surface area contributed by atoms with Crippen LogP contribution in [-0.4, -0.2) is 63.4 Å². The van der Waals surface area contributed by atoms with E-state index in [-0.39, 0.29) is 0 Å². The van der Waals surface area contributed by atoms with Crippen LogP contribution in [0.4, 0.5) is 70.2 Å². The van der Waals surface area contributed by atoms with Gasteiger partial charge in [-0.2, -0.15) is 65.9 Å². The van der Waals surface area contributed by atoms with Crippen molar-refractivity contribution in [3.63, 3.8) is 0 Å². The minimum Gasteiger partial charge on any atom is -0.350 e. The molecular formula is C9H2F16O2. The number of hydrogen-bond donors (Lipinski definition) is 2. The first-order chi connectivity index (χ1) is 11.2. The van der Waals surface area contributed by atoms with Gasteiger partial charge in [-0.1, -0.05) is 0 Å². The van der Waals surface area contributed by atoms with Crippen LogP contribution in [0.25, 0.3) is 0 Å². The van der Waals surface area contributed by atoms with E-state index < -0.39 is 53.2 Å². The summed E-state index contributed by atoms with van der Waals surface area (Å²) >= 11 is 0. The molecule has 1 aliphatic carbocycles. The van der Waals surface area contributed by atoms with Gasteiger partial charge in [0.1, 0.15) is 0 Å². The van der Waals surface area contributed by atoms with Crippen molar-refractivity contribution in [2.45, 2.75) is 53.2 Å². The van der Waals surface area contributed by atoms with Crippen molar-refractivity contribution < 1.29 is 80.5 Å². The van der Waals surface area contributed by atoms with Gasteiger partial charge in [0, 0.05) is 0 Å². The summed E-state index contributed by atoms with van der Waals surface area (Å²) < 4.78 is 209. The lowest BCUT2D eigenvalue weighted by molar-refractivity contribution is -0.531.